The van der Waals surface area contributed by atoms with Crippen molar-refractivity contribution in [1.82, 2.24) is 20.7 Å². The predicted octanol–water partition coefficient (Wildman–Crippen LogP) is -0.695. The Morgan fingerprint density at radius 3 is 2.60 bits per heavy atom. The van der Waals surface area contributed by atoms with Gasteiger partial charge in [-0.05, 0) is 6.08 Å². The Kier molecular flexibility index (Phi) is 4.31. The third-order valence-electron chi connectivity index (χ3n) is 1.31. The van der Waals surface area contributed by atoms with Crippen molar-refractivity contribution in [3.63, 3.8) is 0 Å². The standard InChI is InChI=1S/C6H7N3O.C2H3N3/c7-6(10)5-4-8-2-1-3-9-5;1-2-4-5-3-1/h1-4,9H,(H2,7,10);1-2H,(H,3,4,5). The highest BCUT2D eigenvalue weighted by Gasteiger charge is 2.00. The van der Waals surface area contributed by atoms with Crippen molar-refractivity contribution < 1.29 is 4.79 Å². The number of carbonyl (C=O) groups excluding carboxylic acids is 1. The van der Waals surface area contributed by atoms with E-state index in [9.17, 15) is 4.79 Å². The van der Waals surface area contributed by atoms with Crippen molar-refractivity contribution in [2.24, 2.45) is 10.7 Å². The number of H-pyrrole nitrogens is 1. The highest BCUT2D eigenvalue weighted by Crippen LogP contribution is 1.90. The first-order valence-electron chi connectivity index (χ1n) is 4.05. The SMILES string of the molecule is NC(=O)C1=CN=CC=CN1.c1cn[nH]n1. The first-order valence-corrected chi connectivity index (χ1v) is 4.05. The molecule has 0 atom stereocenters. The first-order chi connectivity index (χ1) is 7.30. The summed E-state index contributed by atoms with van der Waals surface area (Å²) in [6, 6.07) is 0. The van der Waals surface area contributed by atoms with Crippen molar-refractivity contribution in [3.8, 4) is 0 Å². The fourth-order valence-electron chi connectivity index (χ4n) is 0.687. The van der Waals surface area contributed by atoms with E-state index in [1.807, 2.05) is 0 Å². The normalized spacial score (nSPS) is 12.9. The van der Waals surface area contributed by atoms with Crippen LogP contribution in [0.15, 0.2) is 41.6 Å². The fraction of sp³-hybridized carbons (Fsp3) is 0. The molecule has 0 aromatic carbocycles. The lowest BCUT2D eigenvalue weighted by Crippen LogP contribution is -2.22. The molecule has 4 N–H and O–H groups in total. The van der Waals surface area contributed by atoms with Gasteiger partial charge in [0.15, 0.2) is 0 Å². The van der Waals surface area contributed by atoms with E-state index < -0.39 is 5.91 Å². The molecule has 2 heterocycles. The molecule has 0 radical (unpaired) electrons. The van der Waals surface area contributed by atoms with Crippen LogP contribution in [0, 0.1) is 0 Å². The van der Waals surface area contributed by atoms with Gasteiger partial charge in [0.1, 0.15) is 5.70 Å². The molecule has 0 unspecified atom stereocenters. The van der Waals surface area contributed by atoms with E-state index >= 15 is 0 Å². The van der Waals surface area contributed by atoms with Crippen molar-refractivity contribution in [2.45, 2.75) is 0 Å². The van der Waals surface area contributed by atoms with Crippen LogP contribution >= 0.6 is 0 Å². The number of nitrogens with one attached hydrogen (secondary N) is 2. The molecule has 78 valence electrons. The molecule has 15 heavy (non-hydrogen) atoms. The molecule has 1 amide bonds. The van der Waals surface area contributed by atoms with Crippen molar-refractivity contribution in [2.75, 3.05) is 0 Å². The van der Waals surface area contributed by atoms with Gasteiger partial charge in [-0.25, -0.2) is 0 Å². The molecule has 0 saturated carbocycles. The van der Waals surface area contributed by atoms with E-state index in [1.54, 1.807) is 30.9 Å². The average Bonchev–Trinajstić information content (AvgIpc) is 2.67. The molecule has 0 aliphatic carbocycles. The number of carbonyl (C=O) groups is 1. The molecule has 2 rings (SSSR count). The van der Waals surface area contributed by atoms with Gasteiger partial charge in [-0.3, -0.25) is 9.79 Å². The molecular weight excluding hydrogens is 196 g/mol. The Morgan fingerprint density at radius 2 is 2.07 bits per heavy atom. The van der Waals surface area contributed by atoms with E-state index in [0.29, 0.717) is 5.70 Å². The summed E-state index contributed by atoms with van der Waals surface area (Å²) in [5.74, 6) is -0.510. The minimum absolute atomic E-state index is 0.296. The third kappa shape index (κ3) is 4.36. The summed E-state index contributed by atoms with van der Waals surface area (Å²) in [6.07, 6.45) is 9.37. The van der Waals surface area contributed by atoms with Crippen molar-refractivity contribution >= 4 is 12.1 Å². The van der Waals surface area contributed by atoms with Gasteiger partial charge in [0, 0.05) is 12.4 Å². The highest BCUT2D eigenvalue weighted by molar-refractivity contribution is 5.92. The van der Waals surface area contributed by atoms with Gasteiger partial charge in [-0.2, -0.15) is 15.4 Å². The molecule has 0 fully saturated rings. The number of allylic oxidation sites excluding steroid dienone is 1. The van der Waals surface area contributed by atoms with E-state index in [4.69, 9.17) is 5.73 Å². The summed E-state index contributed by atoms with van der Waals surface area (Å²) in [5.41, 5.74) is 5.26. The molecule has 7 heteroatoms. The Hall–Kier alpha value is -2.44. The molecule has 0 bridgehead atoms. The second kappa shape index (κ2) is 6.08. The summed E-state index contributed by atoms with van der Waals surface area (Å²) in [7, 11) is 0. The summed E-state index contributed by atoms with van der Waals surface area (Å²) in [6.45, 7) is 0. The molecule has 7 nitrogen and oxygen atoms in total. The van der Waals surface area contributed by atoms with Gasteiger partial charge in [-0.15, -0.1) is 0 Å². The molecule has 1 aliphatic heterocycles. The van der Waals surface area contributed by atoms with E-state index in [-0.39, 0.29) is 0 Å². The number of aliphatic imine (C=N–C) groups is 1. The first kappa shape index (κ1) is 10.6. The number of nitrogens with zero attached hydrogens (tertiary/aromatic N) is 3. The lowest BCUT2D eigenvalue weighted by Gasteiger charge is -1.96. The number of hydrogen-bond acceptors (Lipinski definition) is 5. The number of rotatable bonds is 1. The Balaban J connectivity index is 0.000000187. The zero-order chi connectivity index (χ0) is 10.9. The fourth-order valence-corrected chi connectivity index (χ4v) is 0.687. The van der Waals surface area contributed by atoms with Gasteiger partial charge in [0.2, 0.25) is 0 Å². The lowest BCUT2D eigenvalue weighted by molar-refractivity contribution is -0.114. The average molecular weight is 206 g/mol. The second-order valence-electron chi connectivity index (χ2n) is 2.36. The molecule has 1 aliphatic rings. The van der Waals surface area contributed by atoms with Gasteiger partial charge in [-0.1, -0.05) is 0 Å². The van der Waals surface area contributed by atoms with Crippen LogP contribution in [0.3, 0.4) is 0 Å². The highest BCUT2D eigenvalue weighted by atomic mass is 16.1. The van der Waals surface area contributed by atoms with Crippen LogP contribution in [0.25, 0.3) is 0 Å². The molecule has 1 aromatic heterocycles. The summed E-state index contributed by atoms with van der Waals surface area (Å²) in [5, 5.41) is 12.0. The number of hydrogen-bond donors (Lipinski definition) is 3. The van der Waals surface area contributed by atoms with Gasteiger partial charge in [0.25, 0.3) is 5.91 Å². The number of aromatic amines is 1. The third-order valence-corrected chi connectivity index (χ3v) is 1.31. The summed E-state index contributed by atoms with van der Waals surface area (Å²) < 4.78 is 0. The zero-order valence-corrected chi connectivity index (χ0v) is 7.79. The van der Waals surface area contributed by atoms with Crippen LogP contribution < -0.4 is 11.1 Å². The van der Waals surface area contributed by atoms with Crippen molar-refractivity contribution in [1.29, 1.82) is 0 Å². The minimum atomic E-state index is -0.510. The summed E-state index contributed by atoms with van der Waals surface area (Å²) >= 11 is 0. The van der Waals surface area contributed by atoms with Crippen LogP contribution in [0.1, 0.15) is 0 Å². The number of aromatic nitrogens is 3. The quantitative estimate of drug-likeness (QED) is 0.564. The molecule has 0 saturated heterocycles. The van der Waals surface area contributed by atoms with E-state index in [2.05, 4.69) is 25.7 Å². The van der Waals surface area contributed by atoms with Crippen LogP contribution in [0.4, 0.5) is 0 Å². The van der Waals surface area contributed by atoms with Crippen LogP contribution in [0.5, 0.6) is 0 Å². The second-order valence-corrected chi connectivity index (χ2v) is 2.36. The lowest BCUT2D eigenvalue weighted by atomic mass is 10.4. The van der Waals surface area contributed by atoms with Crippen LogP contribution in [0.2, 0.25) is 0 Å². The zero-order valence-electron chi connectivity index (χ0n) is 7.79. The molecule has 0 spiro atoms. The minimum Gasteiger partial charge on any atom is -0.364 e. The number of primary amides is 1. The van der Waals surface area contributed by atoms with E-state index in [1.165, 1.54) is 6.20 Å². The van der Waals surface area contributed by atoms with Gasteiger partial charge in [0.05, 0.1) is 18.6 Å². The van der Waals surface area contributed by atoms with Crippen LogP contribution in [-0.2, 0) is 4.79 Å². The Bertz CT molecular complexity index is 361. The molecular formula is C8H10N6O. The number of nitrogens with two attached hydrogens (primary N) is 1. The van der Waals surface area contributed by atoms with Crippen LogP contribution in [-0.4, -0.2) is 27.5 Å². The number of amides is 1. The Labute approximate surface area is 85.8 Å². The topological polar surface area (TPSA) is 109 Å². The largest absolute Gasteiger partial charge is 0.364 e. The van der Waals surface area contributed by atoms with E-state index in [0.717, 1.165) is 0 Å². The molecule has 1 aromatic rings. The maximum Gasteiger partial charge on any atom is 0.266 e. The Morgan fingerprint density at radius 1 is 1.33 bits per heavy atom. The van der Waals surface area contributed by atoms with Gasteiger partial charge >= 0.3 is 0 Å². The summed E-state index contributed by atoms with van der Waals surface area (Å²) in [4.78, 5) is 14.2. The maximum atomic E-state index is 10.5. The van der Waals surface area contributed by atoms with Gasteiger partial charge < -0.3 is 11.1 Å². The van der Waals surface area contributed by atoms with Crippen molar-refractivity contribution in [3.05, 3.63) is 36.6 Å². The maximum absolute atomic E-state index is 10.5. The monoisotopic (exact) mass is 206 g/mol. The predicted molar refractivity (Wildman–Crippen MR) is 54.4 cm³/mol. The smallest absolute Gasteiger partial charge is 0.266 e.